The van der Waals surface area contributed by atoms with Gasteiger partial charge in [0.2, 0.25) is 5.91 Å². The van der Waals surface area contributed by atoms with Gasteiger partial charge in [-0.1, -0.05) is 31.4 Å². The number of ether oxygens (including phenoxy) is 3. The molecule has 0 saturated heterocycles. The van der Waals surface area contributed by atoms with Crippen LogP contribution in [-0.2, 0) is 16.0 Å². The smallest absolute Gasteiger partial charge is 0.340 e. The monoisotopic (exact) mass is 497 g/mol. The number of methoxy groups -OCH3 is 2. The first-order valence-electron chi connectivity index (χ1n) is 12.3. The van der Waals surface area contributed by atoms with Crippen molar-refractivity contribution >= 4 is 29.3 Å². The first kappa shape index (κ1) is 26.8. The Hall–Kier alpha value is -3.75. The number of rotatable bonds is 10. The molecule has 0 heterocycles. The van der Waals surface area contributed by atoms with Crippen LogP contribution in [0.3, 0.4) is 0 Å². The van der Waals surface area contributed by atoms with Crippen LogP contribution < -0.4 is 25.4 Å². The molecule has 3 N–H and O–H groups in total. The maximum Gasteiger partial charge on any atom is 0.340 e. The van der Waals surface area contributed by atoms with Gasteiger partial charge in [0.15, 0.2) is 11.5 Å². The minimum atomic E-state index is -0.565. The lowest BCUT2D eigenvalue weighted by atomic mass is 9.96. The van der Waals surface area contributed by atoms with E-state index in [2.05, 4.69) is 16.0 Å². The summed E-state index contributed by atoms with van der Waals surface area (Å²) in [5.41, 5.74) is 2.12. The van der Waals surface area contributed by atoms with E-state index in [0.717, 1.165) is 31.2 Å². The molecule has 9 heteroatoms. The van der Waals surface area contributed by atoms with Crippen molar-refractivity contribution in [3.05, 3.63) is 47.5 Å². The van der Waals surface area contributed by atoms with Gasteiger partial charge in [0, 0.05) is 30.3 Å². The Morgan fingerprint density at radius 2 is 1.58 bits per heavy atom. The van der Waals surface area contributed by atoms with E-state index in [1.165, 1.54) is 26.7 Å². The molecule has 0 aliphatic heterocycles. The Kier molecular flexibility index (Phi) is 9.97. The van der Waals surface area contributed by atoms with Crippen molar-refractivity contribution < 1.29 is 28.6 Å². The largest absolute Gasteiger partial charge is 0.493 e. The van der Waals surface area contributed by atoms with Gasteiger partial charge in [-0.15, -0.1) is 0 Å². The third kappa shape index (κ3) is 7.63. The van der Waals surface area contributed by atoms with Crippen LogP contribution in [-0.4, -0.2) is 44.8 Å². The quantitative estimate of drug-likeness (QED) is 0.402. The van der Waals surface area contributed by atoms with Crippen LogP contribution in [0.15, 0.2) is 36.4 Å². The minimum Gasteiger partial charge on any atom is -0.493 e. The lowest BCUT2D eigenvalue weighted by molar-refractivity contribution is -0.116. The van der Waals surface area contributed by atoms with Crippen LogP contribution >= 0.6 is 0 Å². The Morgan fingerprint density at radius 3 is 2.22 bits per heavy atom. The molecule has 9 nitrogen and oxygen atoms in total. The summed E-state index contributed by atoms with van der Waals surface area (Å²) in [7, 11) is 2.95. The number of hydrogen-bond donors (Lipinski definition) is 3. The van der Waals surface area contributed by atoms with E-state index < -0.39 is 5.97 Å². The summed E-state index contributed by atoms with van der Waals surface area (Å²) in [6, 6.07) is 10.5. The van der Waals surface area contributed by atoms with Crippen molar-refractivity contribution in [2.45, 2.75) is 57.9 Å². The predicted molar refractivity (Wildman–Crippen MR) is 138 cm³/mol. The average molecular weight is 498 g/mol. The Labute approximate surface area is 211 Å². The van der Waals surface area contributed by atoms with Gasteiger partial charge in [-0.3, -0.25) is 4.79 Å². The molecule has 0 bridgehead atoms. The van der Waals surface area contributed by atoms with Gasteiger partial charge in [0.1, 0.15) is 0 Å². The van der Waals surface area contributed by atoms with Crippen LogP contribution in [0.2, 0.25) is 0 Å². The number of anilines is 2. The molecule has 194 valence electrons. The maximum atomic E-state index is 12.7. The van der Waals surface area contributed by atoms with Gasteiger partial charge in [0.05, 0.1) is 32.1 Å². The lowest BCUT2D eigenvalue weighted by Gasteiger charge is -2.22. The molecule has 36 heavy (non-hydrogen) atoms. The third-order valence-electron chi connectivity index (χ3n) is 6.09. The first-order chi connectivity index (χ1) is 17.4. The number of urea groups is 1. The topological polar surface area (TPSA) is 115 Å². The van der Waals surface area contributed by atoms with E-state index in [9.17, 15) is 14.4 Å². The van der Waals surface area contributed by atoms with Crippen LogP contribution in [0.25, 0.3) is 0 Å². The van der Waals surface area contributed by atoms with E-state index in [4.69, 9.17) is 14.2 Å². The van der Waals surface area contributed by atoms with Gasteiger partial charge >= 0.3 is 12.0 Å². The van der Waals surface area contributed by atoms with Gasteiger partial charge < -0.3 is 30.2 Å². The number of carbonyl (C=O) groups excluding carboxylic acids is 3. The predicted octanol–water partition coefficient (Wildman–Crippen LogP) is 4.91. The zero-order valence-corrected chi connectivity index (χ0v) is 21.1. The number of benzene rings is 2. The molecule has 0 atom stereocenters. The fourth-order valence-electron chi connectivity index (χ4n) is 4.18. The van der Waals surface area contributed by atoms with Crippen LogP contribution in [0.1, 0.15) is 61.4 Å². The summed E-state index contributed by atoms with van der Waals surface area (Å²) in [6.07, 6.45) is 6.29. The second kappa shape index (κ2) is 13.4. The van der Waals surface area contributed by atoms with E-state index in [0.29, 0.717) is 29.3 Å². The maximum absolute atomic E-state index is 12.7. The number of nitrogens with one attached hydrogen (secondary N) is 3. The summed E-state index contributed by atoms with van der Waals surface area (Å²) in [5.74, 6) is -0.0812. The molecule has 1 aliphatic carbocycles. The Balaban J connectivity index is 1.56. The highest BCUT2D eigenvalue weighted by atomic mass is 16.5. The van der Waals surface area contributed by atoms with Gasteiger partial charge in [-0.05, 0) is 43.9 Å². The highest BCUT2D eigenvalue weighted by molar-refractivity contribution is 6.02. The van der Waals surface area contributed by atoms with Crippen LogP contribution in [0.4, 0.5) is 16.2 Å². The van der Waals surface area contributed by atoms with E-state index >= 15 is 0 Å². The molecular formula is C27H35N3O6. The van der Waals surface area contributed by atoms with Crippen molar-refractivity contribution in [3.63, 3.8) is 0 Å². The molecule has 1 saturated carbocycles. The molecule has 0 radical (unpaired) electrons. The fourth-order valence-corrected chi connectivity index (χ4v) is 4.18. The average Bonchev–Trinajstić information content (AvgIpc) is 2.88. The zero-order valence-electron chi connectivity index (χ0n) is 21.1. The van der Waals surface area contributed by atoms with Crippen LogP contribution in [0, 0.1) is 0 Å². The highest BCUT2D eigenvalue weighted by Crippen LogP contribution is 2.34. The van der Waals surface area contributed by atoms with Crippen molar-refractivity contribution in [1.29, 1.82) is 0 Å². The molecule has 2 aromatic carbocycles. The van der Waals surface area contributed by atoms with Gasteiger partial charge in [-0.25, -0.2) is 9.59 Å². The molecule has 1 aliphatic rings. The third-order valence-corrected chi connectivity index (χ3v) is 6.09. The summed E-state index contributed by atoms with van der Waals surface area (Å²) < 4.78 is 15.7. The second-order valence-electron chi connectivity index (χ2n) is 8.65. The molecule has 0 aromatic heterocycles. The fraction of sp³-hybridized carbons (Fsp3) is 0.444. The van der Waals surface area contributed by atoms with E-state index in [1.54, 1.807) is 13.0 Å². The van der Waals surface area contributed by atoms with Gasteiger partial charge in [-0.2, -0.15) is 0 Å². The standard InChI is InChI=1S/C27H35N3O6/c1-4-36-26(32)21-16-23(34-2)24(35-3)17-22(21)30-25(31)15-12-18-10-13-20(14-11-18)29-27(33)28-19-8-6-5-7-9-19/h10-11,13-14,16-17,19H,4-9,12,15H2,1-3H3,(H,30,31)(H2,28,29,33). The van der Waals surface area contributed by atoms with Crippen LogP contribution in [0.5, 0.6) is 11.5 Å². The number of aryl methyl sites for hydroxylation is 1. The SMILES string of the molecule is CCOC(=O)c1cc(OC)c(OC)cc1NC(=O)CCc1ccc(NC(=O)NC2CCCCC2)cc1. The molecule has 2 aromatic rings. The highest BCUT2D eigenvalue weighted by Gasteiger charge is 2.20. The number of esters is 1. The van der Waals surface area contributed by atoms with Crippen molar-refractivity contribution in [2.24, 2.45) is 0 Å². The summed E-state index contributed by atoms with van der Waals surface area (Å²) in [4.78, 5) is 37.3. The van der Waals surface area contributed by atoms with Crippen molar-refractivity contribution in [2.75, 3.05) is 31.5 Å². The summed E-state index contributed by atoms with van der Waals surface area (Å²) >= 11 is 0. The Morgan fingerprint density at radius 1 is 0.917 bits per heavy atom. The number of carbonyl (C=O) groups is 3. The molecule has 1 fully saturated rings. The van der Waals surface area contributed by atoms with Crippen molar-refractivity contribution in [3.8, 4) is 11.5 Å². The normalized spacial score (nSPS) is 13.4. The molecule has 3 amide bonds. The minimum absolute atomic E-state index is 0.185. The molecule has 0 unspecified atom stereocenters. The molecule has 0 spiro atoms. The van der Waals surface area contributed by atoms with Gasteiger partial charge in [0.25, 0.3) is 0 Å². The van der Waals surface area contributed by atoms with E-state index in [1.807, 2.05) is 24.3 Å². The first-order valence-corrected chi connectivity index (χ1v) is 12.3. The summed E-state index contributed by atoms with van der Waals surface area (Å²) in [5, 5.41) is 8.68. The summed E-state index contributed by atoms with van der Waals surface area (Å²) in [6.45, 7) is 1.91. The number of hydrogen-bond acceptors (Lipinski definition) is 6. The number of amides is 3. The molecular weight excluding hydrogens is 462 g/mol. The Bertz CT molecular complexity index is 1050. The zero-order chi connectivity index (χ0) is 25.9. The van der Waals surface area contributed by atoms with E-state index in [-0.39, 0.29) is 36.6 Å². The van der Waals surface area contributed by atoms with Crippen molar-refractivity contribution in [1.82, 2.24) is 5.32 Å². The second-order valence-corrected chi connectivity index (χ2v) is 8.65. The lowest BCUT2D eigenvalue weighted by Crippen LogP contribution is -2.38. The molecule has 3 rings (SSSR count).